The van der Waals surface area contributed by atoms with Gasteiger partial charge in [0.1, 0.15) is 0 Å². The molecule has 0 radical (unpaired) electrons. The first-order valence-corrected chi connectivity index (χ1v) is 7.38. The van der Waals surface area contributed by atoms with Gasteiger partial charge in [0.05, 0.1) is 24.0 Å². The number of methoxy groups -OCH3 is 1. The van der Waals surface area contributed by atoms with Crippen molar-refractivity contribution in [3.05, 3.63) is 52.0 Å². The number of hydrogen-bond acceptors (Lipinski definition) is 4. The molecule has 0 aromatic heterocycles. The van der Waals surface area contributed by atoms with Crippen molar-refractivity contribution in [2.75, 3.05) is 18.2 Å². The highest BCUT2D eigenvalue weighted by Crippen LogP contribution is 2.30. The van der Waals surface area contributed by atoms with Crippen LogP contribution in [0.3, 0.4) is 0 Å². The minimum Gasteiger partial charge on any atom is -0.465 e. The molecular weight excluding hydrogens is 332 g/mol. The Morgan fingerprint density at radius 3 is 2.71 bits per heavy atom. The molecule has 0 saturated carbocycles. The second-order valence-electron chi connectivity index (χ2n) is 4.54. The van der Waals surface area contributed by atoms with Gasteiger partial charge in [-0.2, -0.15) is 0 Å². The Morgan fingerprint density at radius 1 is 1.29 bits per heavy atom. The molecule has 0 aliphatic carbocycles. The molecule has 4 nitrogen and oxygen atoms in total. The number of halogens is 1. The summed E-state index contributed by atoms with van der Waals surface area (Å²) in [6.07, 6.45) is 0.887. The highest BCUT2D eigenvalue weighted by Gasteiger charge is 2.13. The summed E-state index contributed by atoms with van der Waals surface area (Å²) in [5.41, 5.74) is 9.62. The molecular formula is C16H17BrN2O2. The standard InChI is InChI=1S/C16H17BrN2O2/c1-3-10-9-11(17)7-8-13(10)19-14-6-4-5-12(15(14)18)16(20)21-2/h4-9,19H,3,18H2,1-2H3. The first-order chi connectivity index (χ1) is 10.1. The van der Waals surface area contributed by atoms with E-state index in [9.17, 15) is 4.79 Å². The van der Waals surface area contributed by atoms with Gasteiger partial charge in [-0.15, -0.1) is 0 Å². The number of hydrogen-bond donors (Lipinski definition) is 2. The van der Waals surface area contributed by atoms with Crippen LogP contribution in [-0.4, -0.2) is 13.1 Å². The second kappa shape index (κ2) is 6.63. The molecule has 0 saturated heterocycles. The van der Waals surface area contributed by atoms with E-state index in [1.165, 1.54) is 7.11 Å². The number of rotatable bonds is 4. The van der Waals surface area contributed by atoms with Crippen molar-refractivity contribution >= 4 is 39.0 Å². The number of anilines is 3. The van der Waals surface area contributed by atoms with Gasteiger partial charge in [-0.3, -0.25) is 0 Å². The number of aryl methyl sites for hydroxylation is 1. The summed E-state index contributed by atoms with van der Waals surface area (Å²) in [6, 6.07) is 11.3. The van der Waals surface area contributed by atoms with Crippen molar-refractivity contribution in [2.45, 2.75) is 13.3 Å². The van der Waals surface area contributed by atoms with Gasteiger partial charge in [0.2, 0.25) is 0 Å². The molecule has 2 aromatic rings. The molecule has 0 bridgehead atoms. The average molecular weight is 349 g/mol. The zero-order valence-corrected chi connectivity index (χ0v) is 13.5. The Bertz CT molecular complexity index is 671. The Balaban J connectivity index is 2.38. The van der Waals surface area contributed by atoms with Crippen molar-refractivity contribution in [1.82, 2.24) is 0 Å². The van der Waals surface area contributed by atoms with Crippen molar-refractivity contribution in [3.63, 3.8) is 0 Å². The summed E-state index contributed by atoms with van der Waals surface area (Å²) in [4.78, 5) is 11.7. The van der Waals surface area contributed by atoms with Crippen LogP contribution in [0.5, 0.6) is 0 Å². The topological polar surface area (TPSA) is 64.3 Å². The van der Waals surface area contributed by atoms with E-state index in [4.69, 9.17) is 10.5 Å². The average Bonchev–Trinajstić information content (AvgIpc) is 2.50. The number of ether oxygens (including phenoxy) is 1. The number of carbonyl (C=O) groups excluding carboxylic acids is 1. The molecule has 0 fully saturated rings. The van der Waals surface area contributed by atoms with Gasteiger partial charge in [0.15, 0.2) is 0 Å². The third-order valence-corrected chi connectivity index (χ3v) is 3.72. The zero-order chi connectivity index (χ0) is 15.4. The van der Waals surface area contributed by atoms with E-state index in [-0.39, 0.29) is 0 Å². The molecule has 0 aliphatic heterocycles. The highest BCUT2D eigenvalue weighted by molar-refractivity contribution is 9.10. The van der Waals surface area contributed by atoms with E-state index in [1.54, 1.807) is 12.1 Å². The summed E-state index contributed by atoms with van der Waals surface area (Å²) in [6.45, 7) is 2.08. The van der Waals surface area contributed by atoms with Crippen molar-refractivity contribution in [1.29, 1.82) is 0 Å². The van der Waals surface area contributed by atoms with Gasteiger partial charge in [-0.05, 0) is 42.3 Å². The van der Waals surface area contributed by atoms with Gasteiger partial charge >= 0.3 is 5.97 Å². The lowest BCUT2D eigenvalue weighted by Gasteiger charge is -2.15. The summed E-state index contributed by atoms with van der Waals surface area (Å²) < 4.78 is 5.76. The zero-order valence-electron chi connectivity index (χ0n) is 11.9. The van der Waals surface area contributed by atoms with Crippen LogP contribution in [-0.2, 0) is 11.2 Å². The SMILES string of the molecule is CCc1cc(Br)ccc1Nc1cccc(C(=O)OC)c1N. The number of benzene rings is 2. The second-order valence-corrected chi connectivity index (χ2v) is 5.45. The fourth-order valence-electron chi connectivity index (χ4n) is 2.08. The molecule has 3 N–H and O–H groups in total. The lowest BCUT2D eigenvalue weighted by molar-refractivity contribution is 0.0602. The maximum absolute atomic E-state index is 11.7. The maximum atomic E-state index is 11.7. The van der Waals surface area contributed by atoms with E-state index < -0.39 is 5.97 Å². The molecule has 0 heterocycles. The molecule has 0 atom stereocenters. The number of nitrogens with one attached hydrogen (secondary N) is 1. The van der Waals surface area contributed by atoms with Gasteiger partial charge in [0, 0.05) is 10.2 Å². The Hall–Kier alpha value is -2.01. The Labute approximate surface area is 132 Å². The van der Waals surface area contributed by atoms with E-state index in [1.807, 2.05) is 18.2 Å². The predicted octanol–water partition coefficient (Wildman–Crippen LogP) is 4.12. The number of para-hydroxylation sites is 1. The van der Waals surface area contributed by atoms with Crippen molar-refractivity contribution in [2.24, 2.45) is 0 Å². The summed E-state index contributed by atoms with van der Waals surface area (Å²) in [7, 11) is 1.34. The van der Waals surface area contributed by atoms with E-state index in [2.05, 4.69) is 34.2 Å². The minimum atomic E-state index is -0.442. The first-order valence-electron chi connectivity index (χ1n) is 6.59. The number of esters is 1. The van der Waals surface area contributed by atoms with Crippen LogP contribution < -0.4 is 11.1 Å². The van der Waals surface area contributed by atoms with Crippen LogP contribution in [0.1, 0.15) is 22.8 Å². The maximum Gasteiger partial charge on any atom is 0.340 e. The summed E-state index contributed by atoms with van der Waals surface area (Å²) in [5, 5.41) is 3.28. The molecule has 0 spiro atoms. The lowest BCUT2D eigenvalue weighted by atomic mass is 10.1. The monoisotopic (exact) mass is 348 g/mol. The molecule has 0 unspecified atom stereocenters. The van der Waals surface area contributed by atoms with Gasteiger partial charge in [-0.1, -0.05) is 28.9 Å². The lowest BCUT2D eigenvalue weighted by Crippen LogP contribution is -2.08. The van der Waals surface area contributed by atoms with Gasteiger partial charge in [0.25, 0.3) is 0 Å². The molecule has 2 aromatic carbocycles. The molecule has 5 heteroatoms. The van der Waals surface area contributed by atoms with Crippen LogP contribution >= 0.6 is 15.9 Å². The van der Waals surface area contributed by atoms with Crippen LogP contribution in [0.25, 0.3) is 0 Å². The highest BCUT2D eigenvalue weighted by atomic mass is 79.9. The minimum absolute atomic E-state index is 0.359. The number of nitrogen functional groups attached to an aromatic ring is 1. The van der Waals surface area contributed by atoms with Crippen molar-refractivity contribution in [3.8, 4) is 0 Å². The van der Waals surface area contributed by atoms with E-state index >= 15 is 0 Å². The predicted molar refractivity (Wildman–Crippen MR) is 89.0 cm³/mol. The number of carbonyl (C=O) groups is 1. The molecule has 0 amide bonds. The summed E-state index contributed by atoms with van der Waals surface area (Å²) >= 11 is 3.46. The van der Waals surface area contributed by atoms with Crippen LogP contribution in [0, 0.1) is 0 Å². The van der Waals surface area contributed by atoms with Crippen LogP contribution in [0.4, 0.5) is 17.1 Å². The Morgan fingerprint density at radius 2 is 2.05 bits per heavy atom. The van der Waals surface area contributed by atoms with Gasteiger partial charge in [-0.25, -0.2) is 4.79 Å². The third-order valence-electron chi connectivity index (χ3n) is 3.23. The Kier molecular flexibility index (Phi) is 4.85. The largest absolute Gasteiger partial charge is 0.465 e. The van der Waals surface area contributed by atoms with Gasteiger partial charge < -0.3 is 15.8 Å². The molecule has 0 aliphatic rings. The quantitative estimate of drug-likeness (QED) is 0.644. The molecule has 110 valence electrons. The third kappa shape index (κ3) is 3.36. The fraction of sp³-hybridized carbons (Fsp3) is 0.188. The van der Waals surface area contributed by atoms with Crippen LogP contribution in [0.15, 0.2) is 40.9 Å². The molecule has 21 heavy (non-hydrogen) atoms. The number of nitrogens with two attached hydrogens (primary N) is 1. The van der Waals surface area contributed by atoms with Crippen LogP contribution in [0.2, 0.25) is 0 Å². The normalized spacial score (nSPS) is 10.2. The van der Waals surface area contributed by atoms with E-state index in [0.717, 1.165) is 22.1 Å². The smallest absolute Gasteiger partial charge is 0.340 e. The van der Waals surface area contributed by atoms with Crippen molar-refractivity contribution < 1.29 is 9.53 Å². The fourth-order valence-corrected chi connectivity index (χ4v) is 2.49. The summed E-state index contributed by atoms with van der Waals surface area (Å²) in [5.74, 6) is -0.442. The first kappa shape index (κ1) is 15.4. The molecule has 2 rings (SSSR count). The van der Waals surface area contributed by atoms with E-state index in [0.29, 0.717) is 16.9 Å².